The van der Waals surface area contributed by atoms with E-state index in [0.717, 1.165) is 23.2 Å². The molecule has 0 bridgehead atoms. The minimum absolute atomic E-state index is 0.143. The van der Waals surface area contributed by atoms with Gasteiger partial charge >= 0.3 is 12.1 Å². The van der Waals surface area contributed by atoms with Crippen molar-refractivity contribution >= 4 is 33.3 Å². The van der Waals surface area contributed by atoms with E-state index >= 15 is 0 Å². The van der Waals surface area contributed by atoms with Crippen molar-refractivity contribution in [3.63, 3.8) is 0 Å². The van der Waals surface area contributed by atoms with E-state index in [1.807, 2.05) is 5.32 Å². The van der Waals surface area contributed by atoms with Crippen molar-refractivity contribution < 1.29 is 23.1 Å². The van der Waals surface area contributed by atoms with Gasteiger partial charge in [-0.1, -0.05) is 0 Å². The standard InChI is InChI=1S/C11H10F3N3O2S/c1-5-3-20-7-6(5)15-4-16-8(7)17-10(2,9(18)19)11(12,13)14/h3-4H,1-2H3,(H,18,19)(H,15,16,17). The molecule has 0 saturated carbocycles. The molecule has 0 amide bonds. The molecule has 2 N–H and O–H groups in total. The van der Waals surface area contributed by atoms with Crippen LogP contribution in [0, 0.1) is 6.92 Å². The molecule has 5 nitrogen and oxygen atoms in total. The first-order chi connectivity index (χ1) is 9.17. The number of hydrogen-bond acceptors (Lipinski definition) is 5. The van der Waals surface area contributed by atoms with Gasteiger partial charge in [-0.05, 0) is 24.8 Å². The van der Waals surface area contributed by atoms with Crippen LogP contribution in [-0.2, 0) is 4.79 Å². The van der Waals surface area contributed by atoms with E-state index in [4.69, 9.17) is 5.11 Å². The second kappa shape index (κ2) is 4.58. The fraction of sp³-hybridized carbons (Fsp3) is 0.364. The lowest BCUT2D eigenvalue weighted by molar-refractivity contribution is -0.192. The normalized spacial score (nSPS) is 15.1. The molecule has 0 saturated heterocycles. The van der Waals surface area contributed by atoms with Crippen LogP contribution in [0.3, 0.4) is 0 Å². The summed E-state index contributed by atoms with van der Waals surface area (Å²) in [5.74, 6) is -2.17. The van der Waals surface area contributed by atoms with E-state index in [-0.39, 0.29) is 5.82 Å². The van der Waals surface area contributed by atoms with Gasteiger partial charge < -0.3 is 10.4 Å². The number of rotatable bonds is 3. The number of carboxylic acid groups (broad SMARTS) is 1. The maximum Gasteiger partial charge on any atom is 0.422 e. The van der Waals surface area contributed by atoms with E-state index in [1.54, 1.807) is 12.3 Å². The molecule has 9 heteroatoms. The lowest BCUT2D eigenvalue weighted by atomic mass is 10.0. The predicted molar refractivity (Wildman–Crippen MR) is 67.9 cm³/mol. The van der Waals surface area contributed by atoms with E-state index < -0.39 is 17.7 Å². The monoisotopic (exact) mass is 305 g/mol. The number of fused-ring (bicyclic) bond motifs is 1. The second-order valence-corrected chi connectivity index (χ2v) is 5.25. The molecule has 0 fully saturated rings. The Morgan fingerprint density at radius 1 is 1.40 bits per heavy atom. The van der Waals surface area contributed by atoms with Gasteiger partial charge in [0.15, 0.2) is 0 Å². The number of halogens is 3. The summed E-state index contributed by atoms with van der Waals surface area (Å²) in [6.45, 7) is 2.32. The Morgan fingerprint density at radius 2 is 2.05 bits per heavy atom. The SMILES string of the molecule is Cc1csc2c(NC(C)(C(=O)O)C(F)(F)F)ncnc12. The summed E-state index contributed by atoms with van der Waals surface area (Å²) >= 11 is 1.16. The number of alkyl halides is 3. The fourth-order valence-electron chi connectivity index (χ4n) is 1.54. The van der Waals surface area contributed by atoms with Crippen molar-refractivity contribution in [1.82, 2.24) is 9.97 Å². The number of carboxylic acids is 1. The molecule has 0 spiro atoms. The number of hydrogen-bond donors (Lipinski definition) is 2. The Bertz CT molecular complexity index is 670. The Labute approximate surface area is 115 Å². The third-order valence-corrected chi connectivity index (χ3v) is 3.99. The molecule has 0 aliphatic carbocycles. The summed E-state index contributed by atoms with van der Waals surface area (Å²) in [7, 11) is 0. The first-order valence-corrected chi connectivity index (χ1v) is 6.32. The first-order valence-electron chi connectivity index (χ1n) is 5.44. The average Bonchev–Trinajstić information content (AvgIpc) is 2.71. The fourth-order valence-corrected chi connectivity index (χ4v) is 2.49. The molecule has 2 heterocycles. The minimum Gasteiger partial charge on any atom is -0.479 e. The zero-order valence-corrected chi connectivity index (χ0v) is 11.3. The lowest BCUT2D eigenvalue weighted by Crippen LogP contribution is -2.55. The predicted octanol–water partition coefficient (Wildman–Crippen LogP) is 2.82. The number of nitrogens with one attached hydrogen (secondary N) is 1. The smallest absolute Gasteiger partial charge is 0.422 e. The molecule has 0 aliphatic rings. The number of anilines is 1. The Morgan fingerprint density at radius 3 is 2.60 bits per heavy atom. The van der Waals surface area contributed by atoms with Crippen molar-refractivity contribution in [2.24, 2.45) is 0 Å². The van der Waals surface area contributed by atoms with Gasteiger partial charge in [-0.3, -0.25) is 0 Å². The van der Waals surface area contributed by atoms with E-state index in [1.165, 1.54) is 0 Å². The zero-order valence-electron chi connectivity index (χ0n) is 10.4. The van der Waals surface area contributed by atoms with Gasteiger partial charge in [-0.15, -0.1) is 11.3 Å². The van der Waals surface area contributed by atoms with E-state index in [9.17, 15) is 18.0 Å². The van der Waals surface area contributed by atoms with Gasteiger partial charge in [-0.2, -0.15) is 13.2 Å². The topological polar surface area (TPSA) is 75.1 Å². The molecular weight excluding hydrogens is 295 g/mol. The van der Waals surface area contributed by atoms with Gasteiger partial charge in [-0.25, -0.2) is 14.8 Å². The van der Waals surface area contributed by atoms with Crippen LogP contribution < -0.4 is 5.32 Å². The van der Waals surface area contributed by atoms with Crippen LogP contribution >= 0.6 is 11.3 Å². The third kappa shape index (κ3) is 2.17. The molecule has 108 valence electrons. The quantitative estimate of drug-likeness (QED) is 0.912. The number of aromatic nitrogens is 2. The van der Waals surface area contributed by atoms with Crippen LogP contribution in [0.15, 0.2) is 11.7 Å². The van der Waals surface area contributed by atoms with E-state index in [0.29, 0.717) is 17.1 Å². The van der Waals surface area contributed by atoms with Gasteiger partial charge in [0.05, 0.1) is 10.2 Å². The van der Waals surface area contributed by atoms with Crippen molar-refractivity contribution in [3.05, 3.63) is 17.3 Å². The molecule has 2 aromatic rings. The Balaban J connectivity index is 2.53. The summed E-state index contributed by atoms with van der Waals surface area (Å²) in [6.07, 6.45) is -3.87. The molecule has 0 radical (unpaired) electrons. The molecule has 1 atom stereocenters. The summed E-state index contributed by atoms with van der Waals surface area (Å²) in [5, 5.41) is 12.6. The van der Waals surface area contributed by atoms with Crippen molar-refractivity contribution in [1.29, 1.82) is 0 Å². The maximum absolute atomic E-state index is 13.0. The van der Waals surface area contributed by atoms with Gasteiger partial charge in [0.1, 0.15) is 12.1 Å². The molecule has 1 unspecified atom stereocenters. The summed E-state index contributed by atoms with van der Waals surface area (Å²) in [6, 6.07) is 0. The van der Waals surface area contributed by atoms with Crippen molar-refractivity contribution in [2.45, 2.75) is 25.6 Å². The second-order valence-electron chi connectivity index (χ2n) is 4.37. The van der Waals surface area contributed by atoms with E-state index in [2.05, 4.69) is 9.97 Å². The summed E-state index contributed by atoms with van der Waals surface area (Å²) < 4.78 is 39.3. The molecular formula is C11H10F3N3O2S. The first kappa shape index (κ1) is 14.5. The maximum atomic E-state index is 13.0. The Kier molecular flexibility index (Phi) is 3.32. The van der Waals surface area contributed by atoms with Gasteiger partial charge in [0.25, 0.3) is 0 Å². The number of carbonyl (C=O) groups is 1. The number of nitrogens with zero attached hydrogens (tertiary/aromatic N) is 2. The number of aliphatic carboxylic acids is 1. The van der Waals surface area contributed by atoms with Crippen molar-refractivity contribution in [3.8, 4) is 0 Å². The summed E-state index contributed by atoms with van der Waals surface area (Å²) in [4.78, 5) is 18.7. The van der Waals surface area contributed by atoms with Crippen LogP contribution in [0.25, 0.3) is 10.2 Å². The highest BCUT2D eigenvalue weighted by Crippen LogP contribution is 2.36. The molecule has 2 aromatic heterocycles. The van der Waals surface area contributed by atoms with Crippen LogP contribution in [0.2, 0.25) is 0 Å². The highest BCUT2D eigenvalue weighted by molar-refractivity contribution is 7.18. The van der Waals surface area contributed by atoms with Crippen LogP contribution in [-0.4, -0.2) is 32.8 Å². The van der Waals surface area contributed by atoms with Crippen LogP contribution in [0.5, 0.6) is 0 Å². The highest BCUT2D eigenvalue weighted by Gasteiger charge is 2.58. The van der Waals surface area contributed by atoms with Crippen LogP contribution in [0.1, 0.15) is 12.5 Å². The van der Waals surface area contributed by atoms with Crippen molar-refractivity contribution in [2.75, 3.05) is 5.32 Å². The number of aryl methyl sites for hydroxylation is 1. The third-order valence-electron chi connectivity index (χ3n) is 2.89. The number of thiophene rings is 1. The highest BCUT2D eigenvalue weighted by atomic mass is 32.1. The summed E-state index contributed by atoms with van der Waals surface area (Å²) in [5.41, 5.74) is -1.83. The van der Waals surface area contributed by atoms with Gasteiger partial charge in [0, 0.05) is 0 Å². The average molecular weight is 305 g/mol. The van der Waals surface area contributed by atoms with Crippen LogP contribution in [0.4, 0.5) is 19.0 Å². The molecule has 0 aromatic carbocycles. The van der Waals surface area contributed by atoms with Gasteiger partial charge in [0.2, 0.25) is 5.54 Å². The lowest BCUT2D eigenvalue weighted by Gasteiger charge is -2.29. The molecule has 2 rings (SSSR count). The minimum atomic E-state index is -4.97. The Hall–Kier alpha value is -1.90. The largest absolute Gasteiger partial charge is 0.479 e. The zero-order chi connectivity index (χ0) is 15.1. The molecule has 20 heavy (non-hydrogen) atoms. The molecule has 0 aliphatic heterocycles.